The zero-order valence-electron chi connectivity index (χ0n) is 18.1. The van der Waals surface area contributed by atoms with Gasteiger partial charge in [0.15, 0.2) is 0 Å². The van der Waals surface area contributed by atoms with E-state index in [-0.39, 0.29) is 29.5 Å². The van der Waals surface area contributed by atoms with Gasteiger partial charge in [0.1, 0.15) is 12.4 Å². The maximum atomic E-state index is 12.9. The molecule has 0 aliphatic heterocycles. The van der Waals surface area contributed by atoms with Gasteiger partial charge in [-0.25, -0.2) is 8.42 Å². The molecule has 0 aliphatic carbocycles. The molecule has 168 valence electrons. The predicted octanol–water partition coefficient (Wildman–Crippen LogP) is 4.87. The van der Waals surface area contributed by atoms with Gasteiger partial charge in [-0.2, -0.15) is 0 Å². The summed E-state index contributed by atoms with van der Waals surface area (Å²) in [6.45, 7) is 5.91. The molecule has 0 atom stereocenters. The summed E-state index contributed by atoms with van der Waals surface area (Å²) >= 11 is 6.08. The van der Waals surface area contributed by atoms with Gasteiger partial charge in [0.25, 0.3) is 15.9 Å². The van der Waals surface area contributed by atoms with Crippen molar-refractivity contribution >= 4 is 33.2 Å². The van der Waals surface area contributed by atoms with Gasteiger partial charge in [-0.3, -0.25) is 9.52 Å². The van der Waals surface area contributed by atoms with Gasteiger partial charge in [0.2, 0.25) is 0 Å². The highest BCUT2D eigenvalue weighted by molar-refractivity contribution is 7.92. The Labute approximate surface area is 193 Å². The van der Waals surface area contributed by atoms with E-state index in [1.807, 2.05) is 38.1 Å². The summed E-state index contributed by atoms with van der Waals surface area (Å²) in [4.78, 5) is 12.6. The third kappa shape index (κ3) is 5.81. The first-order valence-electron chi connectivity index (χ1n) is 10.0. The number of carbonyl (C=O) groups is 1. The van der Waals surface area contributed by atoms with Crippen molar-refractivity contribution in [2.45, 2.75) is 25.7 Å². The van der Waals surface area contributed by atoms with Crippen LogP contribution in [0.25, 0.3) is 0 Å². The van der Waals surface area contributed by atoms with Crippen LogP contribution < -0.4 is 14.8 Å². The van der Waals surface area contributed by atoms with Crippen molar-refractivity contribution in [2.24, 2.45) is 0 Å². The van der Waals surface area contributed by atoms with Crippen molar-refractivity contribution in [3.63, 3.8) is 0 Å². The number of ether oxygens (including phenoxy) is 1. The minimum atomic E-state index is -3.86. The predicted molar refractivity (Wildman–Crippen MR) is 127 cm³/mol. The standard InChI is InChI=1S/C24H25ClN2O4S/c1-16-9-11-20(15-21(16)25)31-13-12-26-24(28)19-10-8-18(3)23(14-19)32(29,30)27-22-7-5-4-6-17(22)2/h4-11,14-15,27H,12-13H2,1-3H3,(H,26,28). The summed E-state index contributed by atoms with van der Waals surface area (Å²) in [6, 6.07) is 17.1. The fraction of sp³-hybridized carbons (Fsp3) is 0.208. The number of anilines is 1. The molecule has 32 heavy (non-hydrogen) atoms. The number of nitrogens with one attached hydrogen (secondary N) is 2. The topological polar surface area (TPSA) is 84.5 Å². The van der Waals surface area contributed by atoms with Crippen molar-refractivity contribution in [2.75, 3.05) is 17.9 Å². The van der Waals surface area contributed by atoms with Crippen molar-refractivity contribution in [1.29, 1.82) is 0 Å². The summed E-state index contributed by atoms with van der Waals surface area (Å²) in [7, 11) is -3.86. The number of rotatable bonds is 8. The van der Waals surface area contributed by atoms with Crippen molar-refractivity contribution in [3.05, 3.63) is 87.9 Å². The van der Waals surface area contributed by atoms with Gasteiger partial charge in [0.05, 0.1) is 17.1 Å². The molecule has 0 spiro atoms. The number of hydrogen-bond donors (Lipinski definition) is 2. The van der Waals surface area contributed by atoms with Crippen LogP contribution in [-0.2, 0) is 10.0 Å². The molecule has 0 aliphatic rings. The SMILES string of the molecule is Cc1ccc(OCCNC(=O)c2ccc(C)c(S(=O)(=O)Nc3ccccc3C)c2)cc1Cl. The summed E-state index contributed by atoms with van der Waals surface area (Å²) in [5.74, 6) is 0.226. The third-order valence-corrected chi connectivity index (χ3v) is 6.84. The number of sulfonamides is 1. The molecular weight excluding hydrogens is 448 g/mol. The van der Waals surface area contributed by atoms with Gasteiger partial charge in [0, 0.05) is 10.6 Å². The maximum absolute atomic E-state index is 12.9. The van der Waals surface area contributed by atoms with Gasteiger partial charge in [-0.05, 0) is 67.8 Å². The number of hydrogen-bond acceptors (Lipinski definition) is 4. The summed E-state index contributed by atoms with van der Waals surface area (Å²) in [5, 5.41) is 3.35. The van der Waals surface area contributed by atoms with Crippen LogP contribution >= 0.6 is 11.6 Å². The van der Waals surface area contributed by atoms with E-state index in [1.165, 1.54) is 6.07 Å². The number of para-hydroxylation sites is 1. The van der Waals surface area contributed by atoms with Gasteiger partial charge in [-0.15, -0.1) is 0 Å². The zero-order valence-corrected chi connectivity index (χ0v) is 19.7. The second-order valence-electron chi connectivity index (χ2n) is 7.42. The Morgan fingerprint density at radius 2 is 1.66 bits per heavy atom. The summed E-state index contributed by atoms with van der Waals surface area (Å²) in [6.07, 6.45) is 0. The van der Waals surface area contributed by atoms with Crippen molar-refractivity contribution < 1.29 is 17.9 Å². The number of amides is 1. The molecule has 0 aromatic heterocycles. The van der Waals surface area contributed by atoms with Gasteiger partial charge in [-0.1, -0.05) is 41.9 Å². The Morgan fingerprint density at radius 3 is 2.38 bits per heavy atom. The van der Waals surface area contributed by atoms with Crippen LogP contribution in [0, 0.1) is 20.8 Å². The van der Waals surface area contributed by atoms with E-state index in [9.17, 15) is 13.2 Å². The van der Waals surface area contributed by atoms with E-state index in [0.717, 1.165) is 11.1 Å². The van der Waals surface area contributed by atoms with E-state index in [1.54, 1.807) is 37.3 Å². The van der Waals surface area contributed by atoms with Gasteiger partial charge < -0.3 is 10.1 Å². The molecular formula is C24H25ClN2O4S. The lowest BCUT2D eigenvalue weighted by molar-refractivity contribution is 0.0946. The van der Waals surface area contributed by atoms with Crippen LogP contribution in [0.1, 0.15) is 27.0 Å². The number of aryl methyl sites for hydroxylation is 3. The lowest BCUT2D eigenvalue weighted by Crippen LogP contribution is -2.28. The van der Waals surface area contributed by atoms with Crippen molar-refractivity contribution in [1.82, 2.24) is 5.32 Å². The lowest BCUT2D eigenvalue weighted by atomic mass is 10.1. The third-order valence-electron chi connectivity index (χ3n) is 4.93. The van der Waals surface area contributed by atoms with Crippen LogP contribution in [0.15, 0.2) is 65.6 Å². The second kappa shape index (κ2) is 10.1. The first-order valence-corrected chi connectivity index (χ1v) is 11.9. The number of benzene rings is 3. The van der Waals surface area contributed by atoms with E-state index >= 15 is 0 Å². The van der Waals surface area contributed by atoms with Crippen LogP contribution in [0.2, 0.25) is 5.02 Å². The average Bonchev–Trinajstić information content (AvgIpc) is 2.75. The quantitative estimate of drug-likeness (QED) is 0.458. The first kappa shape index (κ1) is 23.6. The molecule has 2 N–H and O–H groups in total. The van der Waals surface area contributed by atoms with E-state index in [4.69, 9.17) is 16.3 Å². The molecule has 3 aromatic carbocycles. The fourth-order valence-electron chi connectivity index (χ4n) is 3.02. The Morgan fingerprint density at radius 1 is 0.938 bits per heavy atom. The maximum Gasteiger partial charge on any atom is 0.262 e. The number of halogens is 1. The highest BCUT2D eigenvalue weighted by Crippen LogP contribution is 2.23. The average molecular weight is 473 g/mol. The Hall–Kier alpha value is -3.03. The normalized spacial score (nSPS) is 11.1. The molecule has 3 rings (SSSR count). The van der Waals surface area contributed by atoms with Crippen LogP contribution in [-0.4, -0.2) is 27.5 Å². The Balaban J connectivity index is 1.65. The first-order chi connectivity index (χ1) is 15.2. The van der Waals surface area contributed by atoms with E-state index < -0.39 is 10.0 Å². The molecule has 8 heteroatoms. The van der Waals surface area contributed by atoms with Crippen LogP contribution in [0.5, 0.6) is 5.75 Å². The molecule has 0 saturated heterocycles. The summed E-state index contributed by atoms with van der Waals surface area (Å²) < 4.78 is 34.1. The molecule has 0 bridgehead atoms. The van der Waals surface area contributed by atoms with Crippen LogP contribution in [0.4, 0.5) is 5.69 Å². The highest BCUT2D eigenvalue weighted by atomic mass is 35.5. The monoisotopic (exact) mass is 472 g/mol. The second-order valence-corrected chi connectivity index (χ2v) is 9.47. The molecule has 3 aromatic rings. The Bertz CT molecular complexity index is 1240. The molecule has 0 unspecified atom stereocenters. The molecule has 6 nitrogen and oxygen atoms in total. The minimum absolute atomic E-state index is 0.0546. The molecule has 1 amide bonds. The van der Waals surface area contributed by atoms with Crippen LogP contribution in [0.3, 0.4) is 0 Å². The smallest absolute Gasteiger partial charge is 0.262 e. The van der Waals surface area contributed by atoms with Crippen molar-refractivity contribution in [3.8, 4) is 5.75 Å². The fourth-order valence-corrected chi connectivity index (χ4v) is 4.59. The van der Waals surface area contributed by atoms with E-state index in [0.29, 0.717) is 22.0 Å². The number of carbonyl (C=O) groups excluding carboxylic acids is 1. The lowest BCUT2D eigenvalue weighted by Gasteiger charge is -2.14. The zero-order chi connectivity index (χ0) is 23.3. The summed E-state index contributed by atoms with van der Waals surface area (Å²) in [5.41, 5.74) is 3.04. The van der Waals surface area contributed by atoms with E-state index in [2.05, 4.69) is 10.0 Å². The minimum Gasteiger partial charge on any atom is -0.492 e. The molecule has 0 saturated carbocycles. The Kier molecular flexibility index (Phi) is 7.43. The molecule has 0 heterocycles. The largest absolute Gasteiger partial charge is 0.492 e. The van der Waals surface area contributed by atoms with Gasteiger partial charge >= 0.3 is 0 Å². The molecule has 0 radical (unpaired) electrons. The molecule has 0 fully saturated rings. The highest BCUT2D eigenvalue weighted by Gasteiger charge is 2.20.